The predicted molar refractivity (Wildman–Crippen MR) is 88.1 cm³/mol. The summed E-state index contributed by atoms with van der Waals surface area (Å²) in [6.45, 7) is 5.59. The molecule has 0 bridgehead atoms. The molecular formula is C14H24ClN3O2S. The molecule has 5 nitrogen and oxygen atoms in total. The predicted octanol–water partition coefficient (Wildman–Crippen LogP) is 2.32. The molecule has 0 saturated carbocycles. The van der Waals surface area contributed by atoms with Gasteiger partial charge in [0, 0.05) is 17.6 Å². The largest absolute Gasteiger partial charge is 0.398 e. The fourth-order valence-electron chi connectivity index (χ4n) is 1.77. The number of rotatable bonds is 8. The number of nitrogen functional groups attached to an aromatic ring is 1. The van der Waals surface area contributed by atoms with Gasteiger partial charge in [0.1, 0.15) is 4.90 Å². The Labute approximate surface area is 132 Å². The number of unbranched alkanes of at least 4 members (excludes halogenated alkanes) is 1. The van der Waals surface area contributed by atoms with Crippen LogP contribution in [0.2, 0.25) is 5.02 Å². The number of nitrogens with one attached hydrogen (secondary N) is 1. The van der Waals surface area contributed by atoms with Gasteiger partial charge in [0.25, 0.3) is 0 Å². The van der Waals surface area contributed by atoms with Crippen LogP contribution in [0.3, 0.4) is 0 Å². The van der Waals surface area contributed by atoms with E-state index < -0.39 is 10.0 Å². The van der Waals surface area contributed by atoms with Crippen LogP contribution in [0.4, 0.5) is 5.69 Å². The van der Waals surface area contributed by atoms with E-state index in [4.69, 9.17) is 17.3 Å². The Balaban J connectivity index is 2.49. The maximum absolute atomic E-state index is 12.2. The number of hydrogen-bond donors (Lipinski definition) is 2. The van der Waals surface area contributed by atoms with Crippen molar-refractivity contribution >= 4 is 27.3 Å². The molecule has 0 aliphatic rings. The summed E-state index contributed by atoms with van der Waals surface area (Å²) >= 11 is 5.82. The molecule has 0 heterocycles. The first kappa shape index (κ1) is 18.2. The van der Waals surface area contributed by atoms with E-state index in [1.54, 1.807) is 6.07 Å². The van der Waals surface area contributed by atoms with Crippen LogP contribution in [-0.4, -0.2) is 39.5 Å². The lowest BCUT2D eigenvalue weighted by Gasteiger charge is -2.20. The first-order chi connectivity index (χ1) is 9.74. The van der Waals surface area contributed by atoms with Crippen LogP contribution >= 0.6 is 11.6 Å². The number of benzene rings is 1. The minimum atomic E-state index is -3.60. The highest BCUT2D eigenvalue weighted by Gasteiger charge is 2.17. The molecule has 1 rings (SSSR count). The van der Waals surface area contributed by atoms with E-state index in [9.17, 15) is 8.42 Å². The molecule has 0 saturated heterocycles. The van der Waals surface area contributed by atoms with Gasteiger partial charge < -0.3 is 10.6 Å². The lowest BCUT2D eigenvalue weighted by Crippen LogP contribution is -2.29. The van der Waals surface area contributed by atoms with Crippen LogP contribution in [0.25, 0.3) is 0 Å². The second kappa shape index (κ2) is 7.98. The third kappa shape index (κ3) is 5.82. The average molecular weight is 334 g/mol. The van der Waals surface area contributed by atoms with E-state index in [0.717, 1.165) is 19.4 Å². The van der Waals surface area contributed by atoms with Gasteiger partial charge in [-0.1, -0.05) is 11.6 Å². The maximum Gasteiger partial charge on any atom is 0.242 e. The molecule has 21 heavy (non-hydrogen) atoms. The fourth-order valence-corrected chi connectivity index (χ4v) is 3.24. The minimum absolute atomic E-state index is 0.0364. The van der Waals surface area contributed by atoms with Gasteiger partial charge in [0.15, 0.2) is 0 Å². The molecule has 0 amide bonds. The number of anilines is 1. The van der Waals surface area contributed by atoms with Crippen LogP contribution in [0, 0.1) is 0 Å². The van der Waals surface area contributed by atoms with E-state index in [1.807, 2.05) is 0 Å². The van der Waals surface area contributed by atoms with E-state index in [2.05, 4.69) is 30.5 Å². The molecule has 1 aromatic rings. The molecule has 1 aromatic carbocycles. The summed E-state index contributed by atoms with van der Waals surface area (Å²) in [7, 11) is -1.55. The van der Waals surface area contributed by atoms with Crippen LogP contribution < -0.4 is 10.5 Å². The lowest BCUT2D eigenvalue weighted by molar-refractivity contribution is 0.268. The summed E-state index contributed by atoms with van der Waals surface area (Å²) in [4.78, 5) is 2.26. The Morgan fingerprint density at radius 1 is 1.33 bits per heavy atom. The number of halogens is 1. The van der Waals surface area contributed by atoms with Gasteiger partial charge in [-0.25, -0.2) is 13.1 Å². The van der Waals surface area contributed by atoms with Crippen molar-refractivity contribution in [2.45, 2.75) is 37.6 Å². The summed E-state index contributed by atoms with van der Waals surface area (Å²) in [6, 6.07) is 4.92. The van der Waals surface area contributed by atoms with Crippen molar-refractivity contribution in [3.8, 4) is 0 Å². The van der Waals surface area contributed by atoms with Gasteiger partial charge in [-0.15, -0.1) is 0 Å². The maximum atomic E-state index is 12.2. The molecule has 0 unspecified atom stereocenters. The van der Waals surface area contributed by atoms with Crippen LogP contribution in [0.5, 0.6) is 0 Å². The van der Waals surface area contributed by atoms with Crippen LogP contribution in [-0.2, 0) is 10.0 Å². The Hall–Kier alpha value is -0.820. The van der Waals surface area contributed by atoms with Crippen molar-refractivity contribution in [3.63, 3.8) is 0 Å². The Morgan fingerprint density at radius 3 is 2.62 bits per heavy atom. The SMILES string of the molecule is CC(C)N(C)CCCCNS(=O)(=O)c1cc(Cl)ccc1N. The standard InChI is InChI=1S/C14H24ClN3O2S/c1-11(2)18(3)9-5-4-8-17-21(19,20)14-10-12(15)6-7-13(14)16/h6-7,10-11,17H,4-5,8-9,16H2,1-3H3. The minimum Gasteiger partial charge on any atom is -0.398 e. The van der Waals surface area contributed by atoms with Gasteiger partial charge in [-0.3, -0.25) is 0 Å². The zero-order valence-electron chi connectivity index (χ0n) is 12.8. The van der Waals surface area contributed by atoms with Gasteiger partial charge in [-0.2, -0.15) is 0 Å². The zero-order valence-corrected chi connectivity index (χ0v) is 14.3. The molecule has 0 aliphatic carbocycles. The molecule has 0 atom stereocenters. The zero-order chi connectivity index (χ0) is 16.0. The highest BCUT2D eigenvalue weighted by atomic mass is 35.5. The fraction of sp³-hybridized carbons (Fsp3) is 0.571. The molecule has 120 valence electrons. The molecule has 0 fully saturated rings. The summed E-state index contributed by atoms with van der Waals surface area (Å²) in [6.07, 6.45) is 1.71. The van der Waals surface area contributed by atoms with E-state index in [0.29, 0.717) is 17.6 Å². The van der Waals surface area contributed by atoms with Crippen LogP contribution in [0.1, 0.15) is 26.7 Å². The highest BCUT2D eigenvalue weighted by molar-refractivity contribution is 7.89. The monoisotopic (exact) mass is 333 g/mol. The van der Waals surface area contributed by atoms with E-state index >= 15 is 0 Å². The summed E-state index contributed by atoms with van der Waals surface area (Å²) in [5, 5.41) is 0.350. The summed E-state index contributed by atoms with van der Waals surface area (Å²) in [5.74, 6) is 0. The van der Waals surface area contributed by atoms with E-state index in [-0.39, 0.29) is 10.6 Å². The third-order valence-electron chi connectivity index (χ3n) is 3.38. The van der Waals surface area contributed by atoms with Crippen LogP contribution in [0.15, 0.2) is 23.1 Å². The lowest BCUT2D eigenvalue weighted by atomic mass is 10.2. The second-order valence-electron chi connectivity index (χ2n) is 5.36. The van der Waals surface area contributed by atoms with Gasteiger partial charge in [-0.05, 0) is 58.5 Å². The number of sulfonamides is 1. The Morgan fingerprint density at radius 2 is 2.00 bits per heavy atom. The van der Waals surface area contributed by atoms with Crippen molar-refractivity contribution in [2.24, 2.45) is 0 Å². The van der Waals surface area contributed by atoms with Crippen molar-refractivity contribution in [1.82, 2.24) is 9.62 Å². The molecular weight excluding hydrogens is 310 g/mol. The quantitative estimate of drug-likeness (QED) is 0.565. The molecule has 0 radical (unpaired) electrons. The molecule has 0 aliphatic heterocycles. The first-order valence-corrected chi connectivity index (χ1v) is 8.85. The molecule has 0 spiro atoms. The number of hydrogen-bond acceptors (Lipinski definition) is 4. The Bertz CT molecular complexity index is 561. The molecule has 3 N–H and O–H groups in total. The number of nitrogens with zero attached hydrogens (tertiary/aromatic N) is 1. The van der Waals surface area contributed by atoms with Crippen molar-refractivity contribution in [2.75, 3.05) is 25.9 Å². The summed E-state index contributed by atoms with van der Waals surface area (Å²) < 4.78 is 26.9. The van der Waals surface area contributed by atoms with Crippen molar-refractivity contribution < 1.29 is 8.42 Å². The molecule has 0 aromatic heterocycles. The third-order valence-corrected chi connectivity index (χ3v) is 5.13. The van der Waals surface area contributed by atoms with Gasteiger partial charge >= 0.3 is 0 Å². The Kier molecular flexibility index (Phi) is 6.93. The van der Waals surface area contributed by atoms with E-state index in [1.165, 1.54) is 12.1 Å². The van der Waals surface area contributed by atoms with Crippen molar-refractivity contribution in [1.29, 1.82) is 0 Å². The topological polar surface area (TPSA) is 75.4 Å². The second-order valence-corrected chi connectivity index (χ2v) is 7.53. The first-order valence-electron chi connectivity index (χ1n) is 6.99. The van der Waals surface area contributed by atoms with Crippen molar-refractivity contribution in [3.05, 3.63) is 23.2 Å². The summed E-state index contributed by atoms with van der Waals surface area (Å²) in [5.41, 5.74) is 5.89. The molecule has 7 heteroatoms. The normalized spacial score (nSPS) is 12.3. The highest BCUT2D eigenvalue weighted by Crippen LogP contribution is 2.22. The number of nitrogens with two attached hydrogens (primary N) is 1. The smallest absolute Gasteiger partial charge is 0.242 e. The van der Waals surface area contributed by atoms with Gasteiger partial charge in [0.05, 0.1) is 5.69 Å². The average Bonchev–Trinajstić information content (AvgIpc) is 2.40. The van der Waals surface area contributed by atoms with Gasteiger partial charge in [0.2, 0.25) is 10.0 Å².